The molecule has 0 bridgehead atoms. The van der Waals surface area contributed by atoms with Crippen LogP contribution in [0.1, 0.15) is 36.6 Å². The highest BCUT2D eigenvalue weighted by molar-refractivity contribution is 9.10. The van der Waals surface area contributed by atoms with E-state index in [4.69, 9.17) is 0 Å². The predicted octanol–water partition coefficient (Wildman–Crippen LogP) is 4.66. The van der Waals surface area contributed by atoms with Gasteiger partial charge in [0.05, 0.1) is 11.1 Å². The van der Waals surface area contributed by atoms with Gasteiger partial charge in [-0.3, -0.25) is 24.2 Å². The molecular weight excluding hydrogens is 432 g/mol. The average Bonchev–Trinajstić information content (AvgIpc) is 2.98. The van der Waals surface area contributed by atoms with Gasteiger partial charge in [-0.2, -0.15) is 0 Å². The first-order valence-electron chi connectivity index (χ1n) is 9.05. The number of anilines is 1. The maximum atomic E-state index is 13.3. The molecular formula is C23H17BrN2O3. The number of carbonyl (C=O) groups excluding carboxylic acids is 3. The van der Waals surface area contributed by atoms with Crippen molar-refractivity contribution in [3.8, 4) is 0 Å². The van der Waals surface area contributed by atoms with E-state index in [-0.39, 0.29) is 12.6 Å². The number of aryl methyl sites for hydroxylation is 1. The number of amides is 3. The van der Waals surface area contributed by atoms with Crippen molar-refractivity contribution in [1.29, 1.82) is 0 Å². The third-order valence-corrected chi connectivity index (χ3v) is 5.37. The molecule has 1 heterocycles. The molecule has 0 aliphatic carbocycles. The molecule has 1 aliphatic heterocycles. The Bertz CT molecular complexity index is 1070. The van der Waals surface area contributed by atoms with Gasteiger partial charge in [0.2, 0.25) is 0 Å². The molecule has 0 aromatic heterocycles. The second-order valence-corrected chi connectivity index (χ2v) is 7.72. The lowest BCUT2D eigenvalue weighted by atomic mass is 10.1. The fourth-order valence-corrected chi connectivity index (χ4v) is 3.51. The van der Waals surface area contributed by atoms with Crippen molar-refractivity contribution >= 4 is 39.3 Å². The van der Waals surface area contributed by atoms with Gasteiger partial charge in [-0.15, -0.1) is 0 Å². The van der Waals surface area contributed by atoms with Crippen LogP contribution in [0.4, 0.5) is 5.69 Å². The normalized spacial score (nSPS) is 12.8. The van der Waals surface area contributed by atoms with Crippen LogP contribution in [0.15, 0.2) is 77.3 Å². The molecule has 0 fully saturated rings. The molecule has 3 aromatic carbocycles. The molecule has 0 radical (unpaired) electrons. The maximum absolute atomic E-state index is 13.3. The van der Waals surface area contributed by atoms with Crippen molar-refractivity contribution in [2.24, 2.45) is 0 Å². The minimum atomic E-state index is -0.399. The van der Waals surface area contributed by atoms with Gasteiger partial charge in [-0.05, 0) is 55.5 Å². The molecule has 29 heavy (non-hydrogen) atoms. The molecule has 0 unspecified atom stereocenters. The standard InChI is InChI=1S/C23H17BrN2O3/c1-15-6-8-16(9-7-15)21(27)25(18-12-10-17(24)11-13-18)14-26-22(28)19-4-2-3-5-20(19)23(26)29/h2-13H,14H2,1H3. The van der Waals surface area contributed by atoms with Gasteiger partial charge in [0.1, 0.15) is 6.67 Å². The van der Waals surface area contributed by atoms with E-state index < -0.39 is 11.8 Å². The van der Waals surface area contributed by atoms with Crippen molar-refractivity contribution in [3.63, 3.8) is 0 Å². The van der Waals surface area contributed by atoms with Gasteiger partial charge in [-0.25, -0.2) is 0 Å². The van der Waals surface area contributed by atoms with Crippen LogP contribution < -0.4 is 4.90 Å². The van der Waals surface area contributed by atoms with Crippen LogP contribution in [0.2, 0.25) is 0 Å². The molecule has 0 spiro atoms. The number of benzene rings is 3. The summed E-state index contributed by atoms with van der Waals surface area (Å²) in [5.74, 6) is -1.09. The number of halogens is 1. The maximum Gasteiger partial charge on any atom is 0.263 e. The Labute approximate surface area is 176 Å². The molecule has 1 aliphatic rings. The van der Waals surface area contributed by atoms with Crippen molar-refractivity contribution in [2.75, 3.05) is 11.6 Å². The van der Waals surface area contributed by atoms with Crippen LogP contribution >= 0.6 is 15.9 Å². The first kappa shape index (κ1) is 19.1. The minimum Gasteiger partial charge on any atom is -0.290 e. The second-order valence-electron chi connectivity index (χ2n) is 6.80. The number of carbonyl (C=O) groups is 3. The van der Waals surface area contributed by atoms with Crippen LogP contribution in [0.25, 0.3) is 0 Å². The molecule has 0 atom stereocenters. The van der Waals surface area contributed by atoms with Crippen LogP contribution in [0, 0.1) is 6.92 Å². The van der Waals surface area contributed by atoms with Crippen molar-refractivity contribution in [2.45, 2.75) is 6.92 Å². The molecule has 5 nitrogen and oxygen atoms in total. The van der Waals surface area contributed by atoms with E-state index >= 15 is 0 Å². The van der Waals surface area contributed by atoms with E-state index in [0.717, 1.165) is 14.9 Å². The molecule has 144 valence electrons. The molecule has 0 saturated heterocycles. The Balaban J connectivity index is 1.70. The predicted molar refractivity (Wildman–Crippen MR) is 114 cm³/mol. The summed E-state index contributed by atoms with van der Waals surface area (Å²) in [4.78, 5) is 41.4. The number of imide groups is 1. The van der Waals surface area contributed by atoms with E-state index in [9.17, 15) is 14.4 Å². The van der Waals surface area contributed by atoms with Gasteiger partial charge in [-0.1, -0.05) is 45.8 Å². The molecule has 0 N–H and O–H groups in total. The van der Waals surface area contributed by atoms with Gasteiger partial charge in [0.25, 0.3) is 17.7 Å². The molecule has 6 heteroatoms. The summed E-state index contributed by atoms with van der Waals surface area (Å²) in [6.45, 7) is 1.78. The van der Waals surface area contributed by atoms with Crippen LogP contribution in [-0.2, 0) is 0 Å². The average molecular weight is 449 g/mol. The van der Waals surface area contributed by atoms with Gasteiger partial charge < -0.3 is 0 Å². The van der Waals surface area contributed by atoms with Gasteiger partial charge >= 0.3 is 0 Å². The summed E-state index contributed by atoms with van der Waals surface area (Å²) in [5, 5.41) is 0. The first-order chi connectivity index (χ1) is 14.0. The van der Waals surface area contributed by atoms with E-state index in [2.05, 4.69) is 15.9 Å². The molecule has 3 aromatic rings. The summed E-state index contributed by atoms with van der Waals surface area (Å²) < 4.78 is 0.865. The Morgan fingerprint density at radius 1 is 0.862 bits per heavy atom. The van der Waals surface area contributed by atoms with Gasteiger partial charge in [0, 0.05) is 15.7 Å². The Morgan fingerprint density at radius 2 is 1.41 bits per heavy atom. The quantitative estimate of drug-likeness (QED) is 0.545. The second kappa shape index (κ2) is 7.64. The molecule has 0 saturated carbocycles. The Morgan fingerprint density at radius 3 is 1.97 bits per heavy atom. The fraction of sp³-hybridized carbons (Fsp3) is 0.0870. The summed E-state index contributed by atoms with van der Waals surface area (Å²) in [6.07, 6.45) is 0. The number of fused-ring (bicyclic) bond motifs is 1. The highest BCUT2D eigenvalue weighted by Crippen LogP contribution is 2.26. The zero-order valence-electron chi connectivity index (χ0n) is 15.6. The highest BCUT2D eigenvalue weighted by Gasteiger charge is 2.37. The van der Waals surface area contributed by atoms with Crippen molar-refractivity contribution < 1.29 is 14.4 Å². The number of rotatable bonds is 4. The summed E-state index contributed by atoms with van der Waals surface area (Å²) >= 11 is 3.39. The number of nitrogens with zero attached hydrogens (tertiary/aromatic N) is 2. The van der Waals surface area contributed by atoms with Crippen LogP contribution in [-0.4, -0.2) is 29.3 Å². The molecule has 3 amide bonds. The minimum absolute atomic E-state index is 0.166. The largest absolute Gasteiger partial charge is 0.290 e. The molecule has 4 rings (SSSR count). The monoisotopic (exact) mass is 448 g/mol. The first-order valence-corrected chi connectivity index (χ1v) is 9.84. The lowest BCUT2D eigenvalue weighted by molar-refractivity contribution is 0.0650. The lowest BCUT2D eigenvalue weighted by Gasteiger charge is -2.27. The van der Waals surface area contributed by atoms with Crippen LogP contribution in [0.5, 0.6) is 0 Å². The van der Waals surface area contributed by atoms with Crippen molar-refractivity contribution in [3.05, 3.63) is 99.5 Å². The summed E-state index contributed by atoms with van der Waals surface area (Å²) in [5.41, 5.74) is 2.83. The SMILES string of the molecule is Cc1ccc(C(=O)N(CN2C(=O)c3ccccc3C2=O)c2ccc(Br)cc2)cc1. The van der Waals surface area contributed by atoms with Crippen molar-refractivity contribution in [1.82, 2.24) is 4.90 Å². The fourth-order valence-electron chi connectivity index (χ4n) is 3.25. The summed E-state index contributed by atoms with van der Waals surface area (Å²) in [6, 6.07) is 21.1. The van der Waals surface area contributed by atoms with E-state index in [1.54, 1.807) is 48.5 Å². The van der Waals surface area contributed by atoms with E-state index in [1.165, 1.54) is 4.90 Å². The Kier molecular flexibility index (Phi) is 5.03. The zero-order valence-corrected chi connectivity index (χ0v) is 17.2. The smallest absolute Gasteiger partial charge is 0.263 e. The number of hydrogen-bond acceptors (Lipinski definition) is 3. The van der Waals surface area contributed by atoms with Crippen LogP contribution in [0.3, 0.4) is 0 Å². The number of hydrogen-bond donors (Lipinski definition) is 0. The third kappa shape index (κ3) is 3.59. The lowest BCUT2D eigenvalue weighted by Crippen LogP contribution is -2.44. The zero-order chi connectivity index (χ0) is 20.5. The van der Waals surface area contributed by atoms with E-state index in [0.29, 0.717) is 22.4 Å². The van der Waals surface area contributed by atoms with Gasteiger partial charge in [0.15, 0.2) is 0 Å². The Hall–Kier alpha value is -3.25. The van der Waals surface area contributed by atoms with E-state index in [1.807, 2.05) is 31.2 Å². The third-order valence-electron chi connectivity index (χ3n) is 4.84. The topological polar surface area (TPSA) is 57.7 Å². The summed E-state index contributed by atoms with van der Waals surface area (Å²) in [7, 11) is 0. The highest BCUT2D eigenvalue weighted by atomic mass is 79.9.